The largest absolute Gasteiger partial charge is 0.359 e. The molecule has 0 aliphatic carbocycles. The minimum absolute atomic E-state index is 0.0499. The molecular weight excluding hydrogens is 413 g/mol. The first kappa shape index (κ1) is 24.2. The average molecular weight is 449 g/mol. The molecule has 3 aromatic rings. The second-order valence-corrected chi connectivity index (χ2v) is 11.5. The van der Waals surface area contributed by atoms with E-state index in [1.54, 1.807) is 7.05 Å². The number of nitrogens with one attached hydrogen (secondary N) is 1. The van der Waals surface area contributed by atoms with Gasteiger partial charge in [0.05, 0.1) is 0 Å². The molecule has 0 fully saturated rings. The molecule has 3 rings (SSSR count). The maximum absolute atomic E-state index is 12.3. The second-order valence-electron chi connectivity index (χ2n) is 8.55. The van der Waals surface area contributed by atoms with Gasteiger partial charge in [0.15, 0.2) is 0 Å². The summed E-state index contributed by atoms with van der Waals surface area (Å²) in [5.41, 5.74) is 0. The second kappa shape index (κ2) is 10.9. The van der Waals surface area contributed by atoms with Crippen molar-refractivity contribution in [3.63, 3.8) is 0 Å². The third-order valence-electron chi connectivity index (χ3n) is 6.70. The summed E-state index contributed by atoms with van der Waals surface area (Å²) in [4.78, 5) is 12.3. The first-order chi connectivity index (χ1) is 15.4. The fourth-order valence-electron chi connectivity index (χ4n) is 4.24. The molecule has 0 aromatic heterocycles. The molecule has 0 bridgehead atoms. The van der Waals surface area contributed by atoms with E-state index in [0.29, 0.717) is 0 Å². The molecule has 168 valence electrons. The highest BCUT2D eigenvalue weighted by molar-refractivity contribution is 7.91. The molecule has 4 heteroatoms. The zero-order valence-electron chi connectivity index (χ0n) is 19.7. The number of carbonyl (C=O) groups excluding carboxylic acids is 1. The Balaban J connectivity index is 2.10. The maximum Gasteiger partial charge on any atom is 0.242 e. The van der Waals surface area contributed by atoms with Crippen LogP contribution in [0.15, 0.2) is 91.0 Å². The Bertz CT molecular complexity index is 881. The smallest absolute Gasteiger partial charge is 0.242 e. The van der Waals surface area contributed by atoms with E-state index in [1.807, 2.05) is 25.1 Å². The van der Waals surface area contributed by atoms with E-state index in [4.69, 9.17) is 4.52 Å². The van der Waals surface area contributed by atoms with Gasteiger partial charge < -0.3 is 5.32 Å². The molecule has 32 heavy (non-hydrogen) atoms. The zero-order chi connectivity index (χ0) is 23.1. The van der Waals surface area contributed by atoms with Crippen molar-refractivity contribution < 1.29 is 9.32 Å². The van der Waals surface area contributed by atoms with Crippen LogP contribution < -0.4 is 21.2 Å². The maximum atomic E-state index is 12.3. The molecule has 4 unspecified atom stereocenters. The van der Waals surface area contributed by atoms with Crippen molar-refractivity contribution in [1.82, 2.24) is 5.32 Å². The minimum atomic E-state index is -2.36. The molecule has 1 N–H and O–H groups in total. The molecule has 0 saturated carbocycles. The monoisotopic (exact) mass is 448 g/mol. The lowest BCUT2D eigenvalue weighted by molar-refractivity contribution is -0.126. The summed E-state index contributed by atoms with van der Waals surface area (Å²) < 4.78 is 7.22. The summed E-state index contributed by atoms with van der Waals surface area (Å²) in [5, 5.41) is 6.39. The molecule has 0 aliphatic heterocycles. The third-order valence-corrected chi connectivity index (χ3v) is 10.4. The first-order valence-electron chi connectivity index (χ1n) is 11.4. The summed E-state index contributed by atoms with van der Waals surface area (Å²) in [6.07, 6.45) is -0.0499. The fraction of sp³-hybridized carbons (Fsp3) is 0.321. The molecule has 0 aliphatic rings. The lowest BCUT2D eigenvalue weighted by Gasteiger charge is -2.34. The van der Waals surface area contributed by atoms with Crippen LogP contribution >= 0.6 is 7.49 Å². The molecule has 0 spiro atoms. The molecule has 1 amide bonds. The Hall–Kier alpha value is -2.48. The molecule has 3 aromatic carbocycles. The predicted molar refractivity (Wildman–Crippen MR) is 137 cm³/mol. The third kappa shape index (κ3) is 4.95. The van der Waals surface area contributed by atoms with Crippen molar-refractivity contribution in [3.8, 4) is 0 Å². The summed E-state index contributed by atoms with van der Waals surface area (Å²) in [7, 11) is -0.663. The Morgan fingerprint density at radius 1 is 0.688 bits per heavy atom. The van der Waals surface area contributed by atoms with Crippen LogP contribution in [0, 0.1) is 17.8 Å². The summed E-state index contributed by atoms with van der Waals surface area (Å²) in [6.45, 7) is 8.50. The van der Waals surface area contributed by atoms with E-state index < -0.39 is 7.49 Å². The minimum Gasteiger partial charge on any atom is -0.359 e. The summed E-state index contributed by atoms with van der Waals surface area (Å²) >= 11 is 0. The number of carbonyl (C=O) groups is 1. The molecule has 0 radical (unpaired) electrons. The predicted octanol–water partition coefficient (Wildman–Crippen LogP) is 4.95. The Morgan fingerprint density at radius 3 is 1.41 bits per heavy atom. The van der Waals surface area contributed by atoms with Gasteiger partial charge in [-0.15, -0.1) is 0 Å². The van der Waals surface area contributed by atoms with Gasteiger partial charge >= 0.3 is 0 Å². The van der Waals surface area contributed by atoms with Crippen LogP contribution in [0.3, 0.4) is 0 Å². The van der Waals surface area contributed by atoms with Gasteiger partial charge in [0.25, 0.3) is 0 Å². The van der Waals surface area contributed by atoms with Crippen molar-refractivity contribution in [3.05, 3.63) is 91.0 Å². The van der Waals surface area contributed by atoms with Crippen molar-refractivity contribution in [2.75, 3.05) is 7.05 Å². The Kier molecular flexibility index (Phi) is 8.23. The molecule has 4 atom stereocenters. The van der Waals surface area contributed by atoms with Crippen LogP contribution in [-0.2, 0) is 9.32 Å². The van der Waals surface area contributed by atoms with Gasteiger partial charge in [0.1, 0.15) is 22.0 Å². The van der Waals surface area contributed by atoms with Crippen LogP contribution in [0.2, 0.25) is 0 Å². The normalized spacial score (nSPS) is 15.4. The molecular formula is C28H35NO2P+. The van der Waals surface area contributed by atoms with Gasteiger partial charge in [-0.2, -0.15) is 0 Å². The molecule has 0 heterocycles. The van der Waals surface area contributed by atoms with Gasteiger partial charge in [0, 0.05) is 13.0 Å². The van der Waals surface area contributed by atoms with Crippen molar-refractivity contribution in [2.45, 2.75) is 33.8 Å². The summed E-state index contributed by atoms with van der Waals surface area (Å²) in [5.74, 6) is 0.359. The highest BCUT2D eigenvalue weighted by atomic mass is 31.2. The van der Waals surface area contributed by atoms with Gasteiger partial charge in [-0.1, -0.05) is 75.4 Å². The number of hydrogen-bond acceptors (Lipinski definition) is 2. The standard InChI is InChI=1S/C28H34NO2P/c1-21(23(3)28(30)29-5)22(2)24(4)31-32(25-15-9-6-10-16-25,26-17-11-7-12-18-26)27-19-13-8-14-20-27/h6-24H,1-5H3/p+1. The SMILES string of the molecule is CNC(=O)C(C)C(C)C(C)C(C)O[P+](c1ccccc1)(c1ccccc1)c1ccccc1. The van der Waals surface area contributed by atoms with Crippen LogP contribution in [0.5, 0.6) is 0 Å². The van der Waals surface area contributed by atoms with E-state index in [-0.39, 0.29) is 29.8 Å². The Labute approximate surface area is 193 Å². The highest BCUT2D eigenvalue weighted by Crippen LogP contribution is 2.58. The number of amides is 1. The van der Waals surface area contributed by atoms with Crippen LogP contribution in [0.4, 0.5) is 0 Å². The lowest BCUT2D eigenvalue weighted by atomic mass is 9.82. The van der Waals surface area contributed by atoms with Gasteiger partial charge in [-0.3, -0.25) is 4.79 Å². The van der Waals surface area contributed by atoms with Crippen molar-refractivity contribution >= 4 is 29.3 Å². The number of benzene rings is 3. The Morgan fingerprint density at radius 2 is 1.06 bits per heavy atom. The number of hydrogen-bond donors (Lipinski definition) is 1. The van der Waals surface area contributed by atoms with Crippen LogP contribution in [0.1, 0.15) is 27.7 Å². The molecule has 0 saturated heterocycles. The topological polar surface area (TPSA) is 38.3 Å². The van der Waals surface area contributed by atoms with E-state index in [1.165, 1.54) is 15.9 Å². The lowest BCUT2D eigenvalue weighted by Crippen LogP contribution is -2.39. The highest BCUT2D eigenvalue weighted by Gasteiger charge is 2.50. The molecule has 3 nitrogen and oxygen atoms in total. The fourth-order valence-corrected chi connectivity index (χ4v) is 7.96. The van der Waals surface area contributed by atoms with Gasteiger partial charge in [-0.05, 0) is 55.2 Å². The zero-order valence-corrected chi connectivity index (χ0v) is 20.6. The number of rotatable bonds is 9. The van der Waals surface area contributed by atoms with Gasteiger partial charge in [-0.25, -0.2) is 4.52 Å². The van der Waals surface area contributed by atoms with Crippen molar-refractivity contribution in [1.29, 1.82) is 0 Å². The quantitative estimate of drug-likeness (QED) is 0.470. The van der Waals surface area contributed by atoms with Crippen LogP contribution in [-0.4, -0.2) is 19.1 Å². The van der Waals surface area contributed by atoms with Crippen molar-refractivity contribution in [2.24, 2.45) is 17.8 Å². The van der Waals surface area contributed by atoms with E-state index in [2.05, 4.69) is 98.9 Å². The average Bonchev–Trinajstić information content (AvgIpc) is 2.86. The van der Waals surface area contributed by atoms with E-state index in [9.17, 15) is 4.79 Å². The van der Waals surface area contributed by atoms with E-state index in [0.717, 1.165) is 0 Å². The van der Waals surface area contributed by atoms with Crippen LogP contribution in [0.25, 0.3) is 0 Å². The van der Waals surface area contributed by atoms with Gasteiger partial charge in [0.2, 0.25) is 13.4 Å². The van der Waals surface area contributed by atoms with E-state index >= 15 is 0 Å². The summed E-state index contributed by atoms with van der Waals surface area (Å²) in [6, 6.07) is 31.8. The first-order valence-corrected chi connectivity index (χ1v) is 13.1.